The van der Waals surface area contributed by atoms with Crippen molar-refractivity contribution >= 4 is 17.5 Å². The molecular formula is C18H28ClNO. The highest BCUT2D eigenvalue weighted by Crippen LogP contribution is 2.65. The van der Waals surface area contributed by atoms with Crippen LogP contribution in [-0.2, 0) is 4.79 Å². The number of carbonyl (C=O) groups excluding carboxylic acids is 1. The number of halogens is 1. The predicted octanol–water partition coefficient (Wildman–Crippen LogP) is 4.07. The second-order valence-corrected chi connectivity index (χ2v) is 9.25. The summed E-state index contributed by atoms with van der Waals surface area (Å²) < 4.78 is 0. The number of hydrogen-bond acceptors (Lipinski definition) is 1. The van der Waals surface area contributed by atoms with E-state index in [9.17, 15) is 4.79 Å². The highest BCUT2D eigenvalue weighted by molar-refractivity contribution is 6.18. The van der Waals surface area contributed by atoms with Crippen molar-refractivity contribution in [3.63, 3.8) is 0 Å². The number of nitrogens with zero attached hydrogens (tertiary/aromatic N) is 1. The molecular weight excluding hydrogens is 282 g/mol. The first-order valence-corrected chi connectivity index (χ1v) is 9.41. The molecule has 1 aliphatic heterocycles. The van der Waals surface area contributed by atoms with Crippen LogP contribution in [0.5, 0.6) is 0 Å². The Morgan fingerprint density at radius 3 is 2.29 bits per heavy atom. The van der Waals surface area contributed by atoms with E-state index in [1.165, 1.54) is 38.5 Å². The van der Waals surface area contributed by atoms with Crippen LogP contribution >= 0.6 is 11.6 Å². The maximum absolute atomic E-state index is 13.3. The largest absolute Gasteiger partial charge is 0.342 e. The third kappa shape index (κ3) is 2.33. The molecule has 1 amide bonds. The predicted molar refractivity (Wildman–Crippen MR) is 85.2 cm³/mol. The van der Waals surface area contributed by atoms with Gasteiger partial charge in [0.1, 0.15) is 0 Å². The Hall–Kier alpha value is -0.240. The summed E-state index contributed by atoms with van der Waals surface area (Å²) in [4.78, 5) is 15.5. The molecule has 118 valence electrons. The average Bonchev–Trinajstić information content (AvgIpc) is 2.44. The molecule has 4 saturated carbocycles. The van der Waals surface area contributed by atoms with E-state index in [4.69, 9.17) is 11.6 Å². The Balaban J connectivity index is 1.52. The summed E-state index contributed by atoms with van der Waals surface area (Å²) in [7, 11) is 0. The van der Waals surface area contributed by atoms with Crippen molar-refractivity contribution in [2.24, 2.45) is 28.6 Å². The van der Waals surface area contributed by atoms with E-state index in [1.54, 1.807) is 0 Å². The SMILES string of the molecule is CC12CC3CC(C1)CC(C(=O)N1CCC(CCl)CC1)(C3)C2. The summed E-state index contributed by atoms with van der Waals surface area (Å²) in [5.41, 5.74) is 0.487. The molecule has 2 nitrogen and oxygen atoms in total. The van der Waals surface area contributed by atoms with E-state index in [0.717, 1.165) is 43.6 Å². The van der Waals surface area contributed by atoms with Crippen LogP contribution in [0.1, 0.15) is 58.3 Å². The highest BCUT2D eigenvalue weighted by Gasteiger charge is 2.59. The van der Waals surface area contributed by atoms with Crippen LogP contribution in [0.3, 0.4) is 0 Å². The van der Waals surface area contributed by atoms with Crippen molar-refractivity contribution < 1.29 is 4.79 Å². The van der Waals surface area contributed by atoms with Crippen LogP contribution in [0.2, 0.25) is 0 Å². The van der Waals surface area contributed by atoms with Crippen molar-refractivity contribution in [3.8, 4) is 0 Å². The zero-order valence-corrected chi connectivity index (χ0v) is 14.0. The Morgan fingerprint density at radius 1 is 1.14 bits per heavy atom. The lowest BCUT2D eigenvalue weighted by molar-refractivity contribution is -0.167. The van der Waals surface area contributed by atoms with E-state index in [-0.39, 0.29) is 5.41 Å². The monoisotopic (exact) mass is 309 g/mol. The standard InChI is InChI=1S/C18H28ClNO/c1-17-7-14-6-15(8-17)10-18(9-14,12-17)16(21)20-4-2-13(11-19)3-5-20/h13-15H,2-12H2,1H3. The molecule has 5 aliphatic rings. The van der Waals surface area contributed by atoms with Gasteiger partial charge in [0.05, 0.1) is 5.41 Å². The molecule has 2 atom stereocenters. The fourth-order valence-corrected chi connectivity index (χ4v) is 6.90. The molecule has 3 heteroatoms. The minimum Gasteiger partial charge on any atom is -0.342 e. The molecule has 4 bridgehead atoms. The van der Waals surface area contributed by atoms with Crippen LogP contribution < -0.4 is 0 Å². The highest BCUT2D eigenvalue weighted by atomic mass is 35.5. The molecule has 0 aromatic carbocycles. The Bertz CT molecular complexity index is 426. The fraction of sp³-hybridized carbons (Fsp3) is 0.944. The van der Waals surface area contributed by atoms with Crippen molar-refractivity contribution in [1.82, 2.24) is 4.90 Å². The minimum absolute atomic E-state index is 0.0205. The summed E-state index contributed by atoms with van der Waals surface area (Å²) in [6, 6.07) is 0. The van der Waals surface area contributed by atoms with Crippen LogP contribution in [-0.4, -0.2) is 29.8 Å². The second kappa shape index (κ2) is 4.88. The van der Waals surface area contributed by atoms with Crippen LogP contribution in [0.15, 0.2) is 0 Å². The van der Waals surface area contributed by atoms with E-state index in [1.807, 2.05) is 0 Å². The van der Waals surface area contributed by atoms with Crippen molar-refractivity contribution in [2.45, 2.75) is 58.3 Å². The van der Waals surface area contributed by atoms with Crippen molar-refractivity contribution in [3.05, 3.63) is 0 Å². The Morgan fingerprint density at radius 2 is 1.76 bits per heavy atom. The summed E-state index contributed by atoms with van der Waals surface area (Å²) >= 11 is 5.98. The van der Waals surface area contributed by atoms with Gasteiger partial charge >= 0.3 is 0 Å². The number of carbonyl (C=O) groups is 1. The molecule has 0 aromatic rings. The third-order valence-corrected chi connectivity index (χ3v) is 7.36. The van der Waals surface area contributed by atoms with Gasteiger partial charge in [0, 0.05) is 19.0 Å². The van der Waals surface area contributed by atoms with Gasteiger partial charge in [0.25, 0.3) is 0 Å². The third-order valence-electron chi connectivity index (χ3n) is 6.93. The van der Waals surface area contributed by atoms with Gasteiger partial charge in [0.2, 0.25) is 5.91 Å². The van der Waals surface area contributed by atoms with Gasteiger partial charge < -0.3 is 4.90 Å². The zero-order chi connectivity index (χ0) is 14.7. The molecule has 5 fully saturated rings. The zero-order valence-electron chi connectivity index (χ0n) is 13.2. The van der Waals surface area contributed by atoms with Crippen LogP contribution in [0.4, 0.5) is 0 Å². The molecule has 2 unspecified atom stereocenters. The Labute approximate surface area is 133 Å². The van der Waals surface area contributed by atoms with E-state index >= 15 is 0 Å². The van der Waals surface area contributed by atoms with Crippen molar-refractivity contribution in [1.29, 1.82) is 0 Å². The molecule has 0 N–H and O–H groups in total. The molecule has 5 rings (SSSR count). The van der Waals surface area contributed by atoms with Gasteiger partial charge in [-0.25, -0.2) is 0 Å². The summed E-state index contributed by atoms with van der Waals surface area (Å²) in [5.74, 6) is 3.57. The van der Waals surface area contributed by atoms with Gasteiger partial charge in [0.15, 0.2) is 0 Å². The maximum atomic E-state index is 13.3. The first-order chi connectivity index (χ1) is 10.0. The summed E-state index contributed by atoms with van der Waals surface area (Å²) in [6.07, 6.45) is 9.92. The molecule has 1 heterocycles. The van der Waals surface area contributed by atoms with Gasteiger partial charge in [-0.3, -0.25) is 4.79 Å². The van der Waals surface area contributed by atoms with Gasteiger partial charge in [-0.1, -0.05) is 6.92 Å². The lowest BCUT2D eigenvalue weighted by Gasteiger charge is -2.61. The topological polar surface area (TPSA) is 20.3 Å². The van der Waals surface area contributed by atoms with Crippen LogP contribution in [0, 0.1) is 28.6 Å². The molecule has 0 spiro atoms. The number of rotatable bonds is 2. The number of piperidine rings is 1. The lowest BCUT2D eigenvalue weighted by atomic mass is 9.44. The molecule has 1 saturated heterocycles. The van der Waals surface area contributed by atoms with Crippen molar-refractivity contribution in [2.75, 3.05) is 19.0 Å². The minimum atomic E-state index is 0.0205. The smallest absolute Gasteiger partial charge is 0.228 e. The van der Waals surface area contributed by atoms with Gasteiger partial charge in [-0.05, 0) is 74.5 Å². The van der Waals surface area contributed by atoms with E-state index in [0.29, 0.717) is 17.2 Å². The molecule has 4 aliphatic carbocycles. The van der Waals surface area contributed by atoms with E-state index < -0.39 is 0 Å². The lowest BCUT2D eigenvalue weighted by Crippen LogP contribution is -2.58. The van der Waals surface area contributed by atoms with Crippen LogP contribution in [0.25, 0.3) is 0 Å². The number of likely N-dealkylation sites (tertiary alicyclic amines) is 1. The number of hydrogen-bond donors (Lipinski definition) is 0. The molecule has 21 heavy (non-hydrogen) atoms. The second-order valence-electron chi connectivity index (χ2n) is 8.94. The summed E-state index contributed by atoms with van der Waals surface area (Å²) in [5, 5.41) is 0. The first-order valence-electron chi connectivity index (χ1n) is 8.87. The average molecular weight is 310 g/mol. The Kier molecular flexibility index (Phi) is 3.33. The molecule has 0 radical (unpaired) electrons. The maximum Gasteiger partial charge on any atom is 0.228 e. The summed E-state index contributed by atoms with van der Waals surface area (Å²) in [6.45, 7) is 4.35. The normalized spacial score (nSPS) is 46.1. The quantitative estimate of drug-likeness (QED) is 0.704. The number of amides is 1. The van der Waals surface area contributed by atoms with Gasteiger partial charge in [-0.2, -0.15) is 0 Å². The fourth-order valence-electron chi connectivity index (χ4n) is 6.60. The number of alkyl halides is 1. The molecule has 0 aromatic heterocycles. The van der Waals surface area contributed by atoms with Gasteiger partial charge in [-0.15, -0.1) is 11.6 Å². The van der Waals surface area contributed by atoms with E-state index in [2.05, 4.69) is 11.8 Å². The first kappa shape index (κ1) is 14.4.